The number of para-hydroxylation sites is 2. The number of fused-ring (bicyclic) bond motifs is 1. The molecule has 2 heterocycles. The predicted molar refractivity (Wildman–Crippen MR) is 110 cm³/mol. The van der Waals surface area contributed by atoms with Crippen molar-refractivity contribution in [2.24, 2.45) is 5.92 Å². The minimum atomic E-state index is 0.0105. The van der Waals surface area contributed by atoms with Crippen molar-refractivity contribution >= 4 is 45.6 Å². The number of anilines is 1. The van der Waals surface area contributed by atoms with Crippen molar-refractivity contribution in [3.05, 3.63) is 57.7 Å². The normalized spacial score (nSPS) is 15.3. The fraction of sp³-hybridized carbons (Fsp3) is 0.300. The number of nitrogens with one attached hydrogen (secondary N) is 1. The van der Waals surface area contributed by atoms with Crippen molar-refractivity contribution in [2.75, 3.05) is 24.5 Å². The molecule has 1 aliphatic heterocycles. The summed E-state index contributed by atoms with van der Waals surface area (Å²) < 4.78 is 6.84. The van der Waals surface area contributed by atoms with Gasteiger partial charge < -0.3 is 14.6 Å². The molecule has 1 fully saturated rings. The minimum Gasteiger partial charge on any atom is -0.423 e. The molecular formula is C20H20IN3O2. The third-order valence-electron chi connectivity index (χ3n) is 4.84. The molecule has 0 aliphatic carbocycles. The van der Waals surface area contributed by atoms with E-state index in [1.807, 2.05) is 48.5 Å². The van der Waals surface area contributed by atoms with Crippen molar-refractivity contribution in [2.45, 2.75) is 12.8 Å². The topological polar surface area (TPSA) is 58.4 Å². The summed E-state index contributed by atoms with van der Waals surface area (Å²) in [5.41, 5.74) is 2.47. The van der Waals surface area contributed by atoms with Gasteiger partial charge in [-0.2, -0.15) is 4.98 Å². The van der Waals surface area contributed by atoms with E-state index in [1.54, 1.807) is 0 Å². The summed E-state index contributed by atoms with van der Waals surface area (Å²) in [5.74, 6) is 0.498. The van der Waals surface area contributed by atoms with Crippen LogP contribution in [0.15, 0.2) is 52.9 Å². The van der Waals surface area contributed by atoms with Crippen LogP contribution in [-0.2, 0) is 0 Å². The standard InChI is InChI=1S/C20H20IN3O2/c21-16-6-2-1-5-15(16)19(25)22-13-14-9-11-24(12-10-14)20-23-17-7-3-4-8-18(17)26-20/h1-8,14H,9-13H2,(H,22,25). The maximum absolute atomic E-state index is 12.3. The number of aromatic nitrogens is 1. The Kier molecular flexibility index (Phi) is 5.10. The number of carbonyl (C=O) groups excluding carboxylic acids is 1. The molecule has 3 aromatic rings. The van der Waals surface area contributed by atoms with Gasteiger partial charge in [0.2, 0.25) is 0 Å². The first-order chi connectivity index (χ1) is 12.7. The van der Waals surface area contributed by atoms with Crippen molar-refractivity contribution in [3.8, 4) is 0 Å². The number of benzene rings is 2. The van der Waals surface area contributed by atoms with Crippen LogP contribution in [0.4, 0.5) is 6.01 Å². The van der Waals surface area contributed by atoms with Crippen LogP contribution in [0.3, 0.4) is 0 Å². The van der Waals surface area contributed by atoms with Crippen LogP contribution in [0.1, 0.15) is 23.2 Å². The van der Waals surface area contributed by atoms with Crippen molar-refractivity contribution in [1.82, 2.24) is 10.3 Å². The van der Waals surface area contributed by atoms with E-state index in [0.29, 0.717) is 18.5 Å². The number of oxazole rings is 1. The number of rotatable bonds is 4. The van der Waals surface area contributed by atoms with E-state index in [2.05, 4.69) is 37.8 Å². The van der Waals surface area contributed by atoms with Gasteiger partial charge in [0.25, 0.3) is 11.9 Å². The molecule has 0 saturated carbocycles. The Morgan fingerprint density at radius 2 is 1.88 bits per heavy atom. The highest BCUT2D eigenvalue weighted by molar-refractivity contribution is 14.1. The van der Waals surface area contributed by atoms with Gasteiger partial charge in [0.05, 0.1) is 5.56 Å². The maximum Gasteiger partial charge on any atom is 0.298 e. The second kappa shape index (κ2) is 7.65. The van der Waals surface area contributed by atoms with Crippen LogP contribution in [0.25, 0.3) is 11.1 Å². The number of hydrogen-bond acceptors (Lipinski definition) is 4. The second-order valence-electron chi connectivity index (χ2n) is 6.58. The molecule has 0 radical (unpaired) electrons. The van der Waals surface area contributed by atoms with Crippen molar-refractivity contribution in [3.63, 3.8) is 0 Å². The zero-order valence-electron chi connectivity index (χ0n) is 14.3. The predicted octanol–water partition coefficient (Wildman–Crippen LogP) is 4.08. The number of hydrogen-bond donors (Lipinski definition) is 1. The molecule has 1 saturated heterocycles. The Morgan fingerprint density at radius 3 is 2.65 bits per heavy atom. The highest BCUT2D eigenvalue weighted by atomic mass is 127. The molecule has 1 aliphatic rings. The van der Waals surface area contributed by atoms with Gasteiger partial charge in [0, 0.05) is 23.2 Å². The number of halogens is 1. The van der Waals surface area contributed by atoms with Gasteiger partial charge in [-0.15, -0.1) is 0 Å². The Bertz CT molecular complexity index is 883. The van der Waals surface area contributed by atoms with Crippen LogP contribution in [-0.4, -0.2) is 30.5 Å². The van der Waals surface area contributed by atoms with E-state index in [9.17, 15) is 4.79 Å². The average Bonchev–Trinajstić information content (AvgIpc) is 3.11. The Labute approximate surface area is 165 Å². The van der Waals surface area contributed by atoms with Gasteiger partial charge in [0.15, 0.2) is 5.58 Å². The lowest BCUT2D eigenvalue weighted by molar-refractivity contribution is 0.0944. The number of piperidine rings is 1. The molecule has 0 bridgehead atoms. The van der Waals surface area contributed by atoms with Crippen LogP contribution in [0, 0.1) is 9.49 Å². The molecule has 2 aromatic carbocycles. The van der Waals surface area contributed by atoms with E-state index in [-0.39, 0.29) is 5.91 Å². The molecule has 5 nitrogen and oxygen atoms in total. The third kappa shape index (κ3) is 3.70. The van der Waals surface area contributed by atoms with Gasteiger partial charge >= 0.3 is 0 Å². The summed E-state index contributed by atoms with van der Waals surface area (Å²) in [7, 11) is 0. The maximum atomic E-state index is 12.3. The van der Waals surface area contributed by atoms with E-state index in [0.717, 1.165) is 46.2 Å². The monoisotopic (exact) mass is 461 g/mol. The van der Waals surface area contributed by atoms with Gasteiger partial charge in [-0.3, -0.25) is 4.79 Å². The fourth-order valence-corrected chi connectivity index (χ4v) is 3.93. The quantitative estimate of drug-likeness (QED) is 0.596. The van der Waals surface area contributed by atoms with Crippen LogP contribution in [0.2, 0.25) is 0 Å². The average molecular weight is 461 g/mol. The second-order valence-corrected chi connectivity index (χ2v) is 7.75. The van der Waals surface area contributed by atoms with Crippen LogP contribution < -0.4 is 10.2 Å². The molecule has 1 aromatic heterocycles. The molecule has 26 heavy (non-hydrogen) atoms. The van der Waals surface area contributed by atoms with E-state index in [1.165, 1.54) is 0 Å². The Hall–Kier alpha value is -2.09. The Morgan fingerprint density at radius 1 is 1.15 bits per heavy atom. The first kappa shape index (κ1) is 17.3. The van der Waals surface area contributed by atoms with Gasteiger partial charge in [-0.25, -0.2) is 0 Å². The summed E-state index contributed by atoms with van der Waals surface area (Å²) in [6.45, 7) is 2.51. The summed E-state index contributed by atoms with van der Waals surface area (Å²) in [6.07, 6.45) is 2.04. The summed E-state index contributed by atoms with van der Waals surface area (Å²) >= 11 is 2.20. The van der Waals surface area contributed by atoms with Crippen molar-refractivity contribution in [1.29, 1.82) is 0 Å². The van der Waals surface area contributed by atoms with E-state index < -0.39 is 0 Å². The lowest BCUT2D eigenvalue weighted by Crippen LogP contribution is -2.39. The third-order valence-corrected chi connectivity index (χ3v) is 5.78. The molecule has 6 heteroatoms. The van der Waals surface area contributed by atoms with Crippen molar-refractivity contribution < 1.29 is 9.21 Å². The van der Waals surface area contributed by atoms with Crippen LogP contribution >= 0.6 is 22.6 Å². The number of nitrogens with zero attached hydrogens (tertiary/aromatic N) is 2. The molecular weight excluding hydrogens is 441 g/mol. The SMILES string of the molecule is O=C(NCC1CCN(c2nc3ccccc3o2)CC1)c1ccccc1I. The summed E-state index contributed by atoms with van der Waals surface area (Å²) in [5, 5.41) is 3.08. The van der Waals surface area contributed by atoms with E-state index in [4.69, 9.17) is 4.42 Å². The number of carbonyl (C=O) groups is 1. The summed E-state index contributed by atoms with van der Waals surface area (Å²) in [6, 6.07) is 16.2. The molecule has 1 N–H and O–H groups in total. The lowest BCUT2D eigenvalue weighted by Gasteiger charge is -2.30. The van der Waals surface area contributed by atoms with Crippen LogP contribution in [0.5, 0.6) is 0 Å². The van der Waals surface area contributed by atoms with Gasteiger partial charge in [-0.05, 0) is 65.6 Å². The first-order valence-corrected chi connectivity index (χ1v) is 9.92. The highest BCUT2D eigenvalue weighted by Gasteiger charge is 2.23. The fourth-order valence-electron chi connectivity index (χ4n) is 3.30. The molecule has 0 atom stereocenters. The smallest absolute Gasteiger partial charge is 0.298 e. The zero-order chi connectivity index (χ0) is 17.9. The van der Waals surface area contributed by atoms with Gasteiger partial charge in [0.1, 0.15) is 5.52 Å². The molecule has 4 rings (SSSR count). The molecule has 0 unspecified atom stereocenters. The largest absolute Gasteiger partial charge is 0.423 e. The Balaban J connectivity index is 1.31. The number of amides is 1. The molecule has 0 spiro atoms. The first-order valence-electron chi connectivity index (χ1n) is 8.84. The lowest BCUT2D eigenvalue weighted by atomic mass is 9.97. The minimum absolute atomic E-state index is 0.0105. The molecule has 134 valence electrons. The molecule has 1 amide bonds. The summed E-state index contributed by atoms with van der Waals surface area (Å²) in [4.78, 5) is 19.1. The van der Waals surface area contributed by atoms with E-state index >= 15 is 0 Å². The zero-order valence-corrected chi connectivity index (χ0v) is 16.5. The van der Waals surface area contributed by atoms with Gasteiger partial charge in [-0.1, -0.05) is 24.3 Å². The highest BCUT2D eigenvalue weighted by Crippen LogP contribution is 2.26.